The van der Waals surface area contributed by atoms with Gasteiger partial charge < -0.3 is 5.11 Å². The number of carboxylic acid groups (broad SMARTS) is 1. The number of hydrogen-bond donors (Lipinski definition) is 1. The summed E-state index contributed by atoms with van der Waals surface area (Å²) in [6.07, 6.45) is 0.680. The molecule has 0 radical (unpaired) electrons. The maximum Gasteiger partial charge on any atom is 0.307 e. The Kier molecular flexibility index (Phi) is 3.98. The van der Waals surface area contributed by atoms with Crippen molar-refractivity contribution >= 4 is 17.3 Å². The lowest BCUT2D eigenvalue weighted by Crippen LogP contribution is -2.22. The van der Waals surface area contributed by atoms with E-state index >= 15 is 0 Å². The minimum atomic E-state index is -0.733. The number of aromatic nitrogens is 1. The van der Waals surface area contributed by atoms with Gasteiger partial charge in [0.15, 0.2) is 0 Å². The van der Waals surface area contributed by atoms with Crippen LogP contribution in [0.3, 0.4) is 0 Å². The van der Waals surface area contributed by atoms with Gasteiger partial charge in [0.2, 0.25) is 0 Å². The molecule has 0 saturated carbocycles. The van der Waals surface area contributed by atoms with Crippen molar-refractivity contribution < 1.29 is 14.3 Å². The third-order valence-corrected chi connectivity index (χ3v) is 4.59. The zero-order valence-corrected chi connectivity index (χ0v) is 12.1. The minimum Gasteiger partial charge on any atom is -0.481 e. The molecule has 2 aromatic rings. The largest absolute Gasteiger partial charge is 0.481 e. The molecule has 0 spiro atoms. The topological polar surface area (TPSA) is 53.4 Å². The van der Waals surface area contributed by atoms with Crippen molar-refractivity contribution in [2.45, 2.75) is 13.0 Å². The molecular formula is C15H15FN2O2S. The van der Waals surface area contributed by atoms with Gasteiger partial charge in [-0.2, -0.15) is 0 Å². The number of carbonyl (C=O) groups is 1. The van der Waals surface area contributed by atoms with Crippen LogP contribution >= 0.6 is 11.3 Å². The van der Waals surface area contributed by atoms with Crippen molar-refractivity contribution in [1.29, 1.82) is 0 Å². The minimum absolute atomic E-state index is 0.273. The van der Waals surface area contributed by atoms with Crippen molar-refractivity contribution in [2.24, 2.45) is 5.92 Å². The van der Waals surface area contributed by atoms with Crippen LogP contribution in [0, 0.1) is 11.7 Å². The highest BCUT2D eigenvalue weighted by molar-refractivity contribution is 7.13. The molecule has 1 aliphatic rings. The van der Waals surface area contributed by atoms with Crippen molar-refractivity contribution in [1.82, 2.24) is 9.88 Å². The molecule has 21 heavy (non-hydrogen) atoms. The number of nitrogens with zero attached hydrogens (tertiary/aromatic N) is 2. The lowest BCUT2D eigenvalue weighted by molar-refractivity contribution is -0.141. The first-order valence-electron chi connectivity index (χ1n) is 6.78. The lowest BCUT2D eigenvalue weighted by Gasteiger charge is -2.12. The van der Waals surface area contributed by atoms with Gasteiger partial charge in [-0.3, -0.25) is 9.69 Å². The first-order valence-corrected chi connectivity index (χ1v) is 7.66. The van der Waals surface area contributed by atoms with E-state index in [-0.39, 0.29) is 11.7 Å². The van der Waals surface area contributed by atoms with Gasteiger partial charge in [-0.25, -0.2) is 9.37 Å². The molecule has 1 aliphatic heterocycles. The van der Waals surface area contributed by atoms with Crippen LogP contribution in [0.15, 0.2) is 29.6 Å². The molecule has 3 rings (SSSR count). The fourth-order valence-electron chi connectivity index (χ4n) is 2.54. The second-order valence-corrected chi connectivity index (χ2v) is 6.04. The third kappa shape index (κ3) is 3.11. The van der Waals surface area contributed by atoms with Gasteiger partial charge in [0.1, 0.15) is 10.8 Å². The first-order chi connectivity index (χ1) is 10.1. The highest BCUT2D eigenvalue weighted by Crippen LogP contribution is 2.27. The normalized spacial score (nSPS) is 19.0. The summed E-state index contributed by atoms with van der Waals surface area (Å²) in [5, 5.41) is 11.6. The number of benzene rings is 1. The van der Waals surface area contributed by atoms with Crippen LogP contribution in [0.1, 0.15) is 12.1 Å². The van der Waals surface area contributed by atoms with Crippen LogP contribution in [-0.4, -0.2) is 34.0 Å². The average molecular weight is 306 g/mol. The molecule has 0 amide bonds. The molecule has 1 aromatic carbocycles. The second-order valence-electron chi connectivity index (χ2n) is 5.18. The zero-order valence-electron chi connectivity index (χ0n) is 11.3. The van der Waals surface area contributed by atoms with Crippen molar-refractivity contribution in [3.05, 3.63) is 41.2 Å². The van der Waals surface area contributed by atoms with E-state index in [1.165, 1.54) is 17.4 Å². The monoisotopic (exact) mass is 306 g/mol. The van der Waals surface area contributed by atoms with Crippen LogP contribution in [0.2, 0.25) is 0 Å². The van der Waals surface area contributed by atoms with Crippen LogP contribution in [0.25, 0.3) is 10.6 Å². The fourth-order valence-corrected chi connectivity index (χ4v) is 3.38. The predicted octanol–water partition coefficient (Wildman–Crippen LogP) is 2.86. The van der Waals surface area contributed by atoms with Crippen molar-refractivity contribution in [3.63, 3.8) is 0 Å². The van der Waals surface area contributed by atoms with E-state index in [1.54, 1.807) is 18.2 Å². The quantitative estimate of drug-likeness (QED) is 0.943. The van der Waals surface area contributed by atoms with E-state index in [2.05, 4.69) is 9.88 Å². The highest BCUT2D eigenvalue weighted by atomic mass is 32.1. The van der Waals surface area contributed by atoms with E-state index in [0.717, 1.165) is 12.2 Å². The Morgan fingerprint density at radius 1 is 1.48 bits per heavy atom. The number of likely N-dealkylation sites (tertiary alicyclic amines) is 1. The van der Waals surface area contributed by atoms with E-state index in [4.69, 9.17) is 5.11 Å². The van der Waals surface area contributed by atoms with Gasteiger partial charge in [-0.1, -0.05) is 12.1 Å². The summed E-state index contributed by atoms with van der Waals surface area (Å²) in [6.45, 7) is 1.94. The maximum absolute atomic E-state index is 13.7. The number of carboxylic acids is 1. The van der Waals surface area contributed by atoms with Crippen molar-refractivity contribution in [2.75, 3.05) is 13.1 Å². The first kappa shape index (κ1) is 14.2. The summed E-state index contributed by atoms with van der Waals surface area (Å²) in [5.74, 6) is -1.29. The summed E-state index contributed by atoms with van der Waals surface area (Å²) in [4.78, 5) is 17.5. The van der Waals surface area contributed by atoms with E-state index in [0.29, 0.717) is 30.1 Å². The van der Waals surface area contributed by atoms with Crippen LogP contribution < -0.4 is 0 Å². The average Bonchev–Trinajstić information content (AvgIpc) is 3.09. The van der Waals surface area contributed by atoms with Crippen LogP contribution in [-0.2, 0) is 11.3 Å². The SMILES string of the molecule is O=C(O)C1CCN(Cc2csc(-c3ccccc3F)n2)C1. The molecule has 1 unspecified atom stereocenters. The molecule has 110 valence electrons. The van der Waals surface area contributed by atoms with Gasteiger partial charge in [0.05, 0.1) is 11.6 Å². The molecule has 4 nitrogen and oxygen atoms in total. The zero-order chi connectivity index (χ0) is 14.8. The van der Waals surface area contributed by atoms with E-state index in [9.17, 15) is 9.18 Å². The number of thiazole rings is 1. The molecular weight excluding hydrogens is 291 g/mol. The van der Waals surface area contributed by atoms with E-state index in [1.807, 2.05) is 5.38 Å². The molecule has 1 N–H and O–H groups in total. The second kappa shape index (κ2) is 5.91. The number of halogens is 1. The highest BCUT2D eigenvalue weighted by Gasteiger charge is 2.28. The Balaban J connectivity index is 1.69. The van der Waals surface area contributed by atoms with Crippen molar-refractivity contribution in [3.8, 4) is 10.6 Å². The Labute approximate surface area is 125 Å². The molecule has 1 aromatic heterocycles. The standard InChI is InChI=1S/C15H15FN2O2S/c16-13-4-2-1-3-12(13)14-17-11(9-21-14)8-18-6-5-10(7-18)15(19)20/h1-4,9-10H,5-8H2,(H,19,20). The predicted molar refractivity (Wildman–Crippen MR) is 78.5 cm³/mol. The fraction of sp³-hybridized carbons (Fsp3) is 0.333. The summed E-state index contributed by atoms with van der Waals surface area (Å²) < 4.78 is 13.7. The maximum atomic E-state index is 13.7. The van der Waals surface area contributed by atoms with Gasteiger partial charge in [0, 0.05) is 24.0 Å². The number of aliphatic carboxylic acids is 1. The van der Waals surface area contributed by atoms with Crippen LogP contribution in [0.4, 0.5) is 4.39 Å². The summed E-state index contributed by atoms with van der Waals surface area (Å²) >= 11 is 1.41. The molecule has 1 saturated heterocycles. The summed E-state index contributed by atoms with van der Waals surface area (Å²) in [6, 6.07) is 6.59. The Morgan fingerprint density at radius 3 is 3.00 bits per heavy atom. The third-order valence-electron chi connectivity index (χ3n) is 3.66. The molecule has 0 bridgehead atoms. The van der Waals surface area contributed by atoms with Gasteiger partial charge in [0.25, 0.3) is 0 Å². The lowest BCUT2D eigenvalue weighted by atomic mass is 10.1. The molecule has 2 heterocycles. The number of rotatable bonds is 4. The molecule has 0 aliphatic carbocycles. The summed E-state index contributed by atoms with van der Waals surface area (Å²) in [7, 11) is 0. The molecule has 1 fully saturated rings. The van der Waals surface area contributed by atoms with Crippen LogP contribution in [0.5, 0.6) is 0 Å². The van der Waals surface area contributed by atoms with Gasteiger partial charge in [-0.15, -0.1) is 11.3 Å². The molecule has 1 atom stereocenters. The Hall–Kier alpha value is -1.79. The van der Waals surface area contributed by atoms with Gasteiger partial charge in [-0.05, 0) is 25.1 Å². The van der Waals surface area contributed by atoms with E-state index < -0.39 is 5.97 Å². The van der Waals surface area contributed by atoms with Gasteiger partial charge >= 0.3 is 5.97 Å². The summed E-state index contributed by atoms with van der Waals surface area (Å²) in [5.41, 5.74) is 1.38. The Morgan fingerprint density at radius 2 is 2.29 bits per heavy atom. The number of hydrogen-bond acceptors (Lipinski definition) is 4. The smallest absolute Gasteiger partial charge is 0.307 e. The Bertz CT molecular complexity index is 659. The molecule has 6 heteroatoms.